The lowest BCUT2D eigenvalue weighted by atomic mass is 9.92. The third-order valence-corrected chi connectivity index (χ3v) is 5.22. The minimum Gasteiger partial charge on any atom is -0.507 e. The van der Waals surface area contributed by atoms with Crippen molar-refractivity contribution in [1.29, 1.82) is 0 Å². The second-order valence-corrected chi connectivity index (χ2v) is 12.9. The van der Waals surface area contributed by atoms with E-state index in [1.165, 1.54) is 4.90 Å². The molecule has 8 nitrogen and oxygen atoms in total. The topological polar surface area (TPSA) is 108 Å². The molecule has 2 atom stereocenters. The molecule has 8 heteroatoms. The molecule has 0 aliphatic rings. The van der Waals surface area contributed by atoms with Gasteiger partial charge in [0.2, 0.25) is 11.8 Å². The van der Waals surface area contributed by atoms with Gasteiger partial charge in [-0.05, 0) is 87.1 Å². The summed E-state index contributed by atoms with van der Waals surface area (Å²) in [5.74, 6) is -0.830. The van der Waals surface area contributed by atoms with E-state index in [0.29, 0.717) is 17.5 Å². The summed E-state index contributed by atoms with van der Waals surface area (Å²) < 4.78 is 5.42. The van der Waals surface area contributed by atoms with E-state index in [9.17, 15) is 19.5 Å². The van der Waals surface area contributed by atoms with Crippen LogP contribution in [0.25, 0.3) is 0 Å². The van der Waals surface area contributed by atoms with Gasteiger partial charge in [-0.15, -0.1) is 0 Å². The standard InChI is InChI=1S/C28H47N3O5/c1-17(2)16-20(29-25(35)36-28(10,11)12)24(34)31(27(7,8)9)21(23(33)30-26(4,5)6)19-15-13-14-18(3)22(19)32/h13-15,17,20-21,32H,16H2,1-12H3,(H,29,35)(H,30,33). The number of alkyl carbamates (subject to hydrolysis) is 1. The molecule has 0 saturated heterocycles. The van der Waals surface area contributed by atoms with Crippen LogP contribution in [0.2, 0.25) is 0 Å². The molecule has 3 N–H and O–H groups in total. The summed E-state index contributed by atoms with van der Waals surface area (Å²) in [5, 5.41) is 16.7. The van der Waals surface area contributed by atoms with E-state index in [4.69, 9.17) is 4.74 Å². The number of rotatable bonds is 7. The summed E-state index contributed by atoms with van der Waals surface area (Å²) in [6, 6.07) is 3.08. The zero-order valence-electron chi connectivity index (χ0n) is 24.2. The number of amides is 3. The lowest BCUT2D eigenvalue weighted by Crippen LogP contribution is -2.59. The van der Waals surface area contributed by atoms with Gasteiger partial charge in [0.1, 0.15) is 23.4 Å². The number of aryl methyl sites for hydroxylation is 1. The summed E-state index contributed by atoms with van der Waals surface area (Å²) in [6.45, 7) is 21.9. The first-order valence-corrected chi connectivity index (χ1v) is 12.6. The zero-order chi connectivity index (χ0) is 28.2. The molecule has 0 spiro atoms. The van der Waals surface area contributed by atoms with Crippen LogP contribution >= 0.6 is 0 Å². The summed E-state index contributed by atoms with van der Waals surface area (Å²) >= 11 is 0. The average molecular weight is 506 g/mol. The van der Waals surface area contributed by atoms with Crippen molar-refractivity contribution >= 4 is 17.9 Å². The van der Waals surface area contributed by atoms with Gasteiger partial charge in [-0.3, -0.25) is 9.59 Å². The number of benzene rings is 1. The first-order valence-electron chi connectivity index (χ1n) is 12.6. The van der Waals surface area contributed by atoms with E-state index >= 15 is 0 Å². The van der Waals surface area contributed by atoms with Crippen molar-refractivity contribution in [2.45, 2.75) is 118 Å². The summed E-state index contributed by atoms with van der Waals surface area (Å²) in [4.78, 5) is 42.1. The Balaban J connectivity index is 3.69. The maximum absolute atomic E-state index is 14.2. The van der Waals surface area contributed by atoms with Gasteiger partial charge in [-0.2, -0.15) is 0 Å². The Morgan fingerprint density at radius 3 is 2.00 bits per heavy atom. The number of carbonyl (C=O) groups excluding carboxylic acids is 3. The highest BCUT2D eigenvalue weighted by Gasteiger charge is 2.43. The van der Waals surface area contributed by atoms with Crippen LogP contribution in [0, 0.1) is 12.8 Å². The monoisotopic (exact) mass is 505 g/mol. The molecule has 1 aromatic rings. The average Bonchev–Trinajstić information content (AvgIpc) is 2.63. The first kappa shape index (κ1) is 31.3. The molecule has 0 saturated carbocycles. The molecule has 1 rings (SSSR count). The lowest BCUT2D eigenvalue weighted by molar-refractivity contribution is -0.149. The maximum atomic E-state index is 14.2. The van der Waals surface area contributed by atoms with Crippen molar-refractivity contribution in [3.63, 3.8) is 0 Å². The van der Waals surface area contributed by atoms with Crippen LogP contribution in [-0.2, 0) is 14.3 Å². The smallest absolute Gasteiger partial charge is 0.408 e. The molecule has 1 aromatic carbocycles. The van der Waals surface area contributed by atoms with E-state index in [0.717, 1.165) is 0 Å². The second-order valence-electron chi connectivity index (χ2n) is 12.9. The van der Waals surface area contributed by atoms with Gasteiger partial charge in [0.15, 0.2) is 0 Å². The second kappa shape index (κ2) is 11.5. The third-order valence-electron chi connectivity index (χ3n) is 5.22. The molecule has 2 unspecified atom stereocenters. The molecular weight excluding hydrogens is 458 g/mol. The third kappa shape index (κ3) is 9.36. The number of hydrogen-bond donors (Lipinski definition) is 3. The number of phenols is 1. The zero-order valence-corrected chi connectivity index (χ0v) is 24.2. The number of carbonyl (C=O) groups is 3. The quantitative estimate of drug-likeness (QED) is 0.471. The number of aromatic hydroxyl groups is 1. The van der Waals surface area contributed by atoms with Crippen LogP contribution in [0.15, 0.2) is 18.2 Å². The fourth-order valence-electron chi connectivity index (χ4n) is 3.89. The van der Waals surface area contributed by atoms with E-state index in [1.54, 1.807) is 45.9 Å². The molecule has 0 heterocycles. The van der Waals surface area contributed by atoms with Gasteiger partial charge in [0.25, 0.3) is 0 Å². The predicted molar refractivity (Wildman–Crippen MR) is 143 cm³/mol. The van der Waals surface area contributed by atoms with Crippen molar-refractivity contribution in [2.75, 3.05) is 0 Å². The minimum absolute atomic E-state index is 0.0471. The highest BCUT2D eigenvalue weighted by atomic mass is 16.6. The van der Waals surface area contributed by atoms with Crippen molar-refractivity contribution in [1.82, 2.24) is 15.5 Å². The Bertz CT molecular complexity index is 936. The van der Waals surface area contributed by atoms with Gasteiger partial charge in [-0.1, -0.05) is 32.0 Å². The molecule has 36 heavy (non-hydrogen) atoms. The number of ether oxygens (including phenoxy) is 1. The Morgan fingerprint density at radius 2 is 1.56 bits per heavy atom. The van der Waals surface area contributed by atoms with Crippen LogP contribution in [0.5, 0.6) is 5.75 Å². The SMILES string of the molecule is Cc1cccc(C(C(=O)NC(C)(C)C)N(C(=O)C(CC(C)C)NC(=O)OC(C)(C)C)C(C)(C)C)c1O. The Morgan fingerprint density at radius 1 is 1.00 bits per heavy atom. The molecule has 204 valence electrons. The molecule has 0 aliphatic heterocycles. The van der Waals surface area contributed by atoms with Gasteiger partial charge in [0, 0.05) is 16.6 Å². The van der Waals surface area contributed by atoms with Crippen LogP contribution in [0.3, 0.4) is 0 Å². The minimum atomic E-state index is -1.13. The fourth-order valence-corrected chi connectivity index (χ4v) is 3.89. The van der Waals surface area contributed by atoms with E-state index in [2.05, 4.69) is 10.6 Å². The van der Waals surface area contributed by atoms with E-state index in [1.807, 2.05) is 55.4 Å². The molecule has 0 aliphatic carbocycles. The Hall–Kier alpha value is -2.77. The van der Waals surface area contributed by atoms with Gasteiger partial charge < -0.3 is 25.4 Å². The van der Waals surface area contributed by atoms with Crippen molar-refractivity contribution in [3.8, 4) is 5.75 Å². The van der Waals surface area contributed by atoms with E-state index in [-0.39, 0.29) is 11.7 Å². The molecule has 0 radical (unpaired) electrons. The molecule has 3 amide bonds. The van der Waals surface area contributed by atoms with Gasteiger partial charge in [0.05, 0.1) is 0 Å². The fraction of sp³-hybridized carbons (Fsp3) is 0.679. The largest absolute Gasteiger partial charge is 0.507 e. The summed E-state index contributed by atoms with van der Waals surface area (Å²) in [5.41, 5.74) is -1.23. The number of nitrogens with zero attached hydrogens (tertiary/aromatic N) is 1. The van der Waals surface area contributed by atoms with Crippen LogP contribution in [-0.4, -0.2) is 50.6 Å². The van der Waals surface area contributed by atoms with Crippen LogP contribution < -0.4 is 10.6 Å². The number of hydrogen-bond acceptors (Lipinski definition) is 5. The van der Waals surface area contributed by atoms with Crippen molar-refractivity contribution < 1.29 is 24.2 Å². The lowest BCUT2D eigenvalue weighted by Gasteiger charge is -2.44. The summed E-state index contributed by atoms with van der Waals surface area (Å²) in [7, 11) is 0. The highest BCUT2D eigenvalue weighted by molar-refractivity contribution is 5.93. The molecular formula is C28H47N3O5. The van der Waals surface area contributed by atoms with Crippen molar-refractivity contribution in [2.24, 2.45) is 5.92 Å². The molecule has 0 fully saturated rings. The Kier molecular flexibility index (Phi) is 10.0. The van der Waals surface area contributed by atoms with E-state index < -0.39 is 46.7 Å². The first-order chi connectivity index (χ1) is 16.1. The maximum Gasteiger partial charge on any atom is 0.408 e. The highest BCUT2D eigenvalue weighted by Crippen LogP contribution is 2.36. The van der Waals surface area contributed by atoms with Crippen LogP contribution in [0.4, 0.5) is 4.79 Å². The van der Waals surface area contributed by atoms with Gasteiger partial charge >= 0.3 is 6.09 Å². The van der Waals surface area contributed by atoms with Crippen molar-refractivity contribution in [3.05, 3.63) is 29.3 Å². The molecule has 0 bridgehead atoms. The Labute approximate surface area is 217 Å². The van der Waals surface area contributed by atoms with Gasteiger partial charge in [-0.25, -0.2) is 4.79 Å². The normalized spacial score (nSPS) is 14.1. The van der Waals surface area contributed by atoms with Crippen LogP contribution in [0.1, 0.15) is 99.8 Å². The number of phenolic OH excluding ortho intramolecular Hbond substituents is 1. The number of para-hydroxylation sites is 1. The summed E-state index contributed by atoms with van der Waals surface area (Å²) in [6.07, 6.45) is -0.359. The molecule has 0 aromatic heterocycles. The number of nitrogens with one attached hydrogen (secondary N) is 2. The predicted octanol–water partition coefficient (Wildman–Crippen LogP) is 5.22.